The van der Waals surface area contributed by atoms with Gasteiger partial charge in [-0.2, -0.15) is 5.10 Å². The maximum Gasteiger partial charge on any atom is 0.332 e. The van der Waals surface area contributed by atoms with E-state index < -0.39 is 6.03 Å². The van der Waals surface area contributed by atoms with Crippen molar-refractivity contribution in [2.75, 3.05) is 0 Å². The van der Waals surface area contributed by atoms with Gasteiger partial charge in [-0.15, -0.1) is 0 Å². The van der Waals surface area contributed by atoms with Gasteiger partial charge in [0.2, 0.25) is 0 Å². The average Bonchev–Trinajstić information content (AvgIpc) is 2.29. The summed E-state index contributed by atoms with van der Waals surface area (Å²) in [5.41, 5.74) is 9.91. The number of pyridine rings is 1. The zero-order valence-corrected chi connectivity index (χ0v) is 10.2. The van der Waals surface area contributed by atoms with Gasteiger partial charge in [-0.1, -0.05) is 13.3 Å². The first kappa shape index (κ1) is 13.2. The average molecular weight is 234 g/mol. The van der Waals surface area contributed by atoms with Crippen molar-refractivity contribution < 1.29 is 4.79 Å². The molecule has 0 fully saturated rings. The Morgan fingerprint density at radius 3 is 2.94 bits per heavy atom. The van der Waals surface area contributed by atoms with E-state index in [1.165, 1.54) is 0 Å². The number of amides is 2. The number of primary amides is 1. The van der Waals surface area contributed by atoms with Crippen LogP contribution in [-0.4, -0.2) is 16.7 Å². The summed E-state index contributed by atoms with van der Waals surface area (Å²) in [5, 5.41) is 4.00. The van der Waals surface area contributed by atoms with Gasteiger partial charge in [0.05, 0.1) is 11.4 Å². The fourth-order valence-electron chi connectivity index (χ4n) is 1.40. The number of hydrogen-bond donors (Lipinski definition) is 2. The Balaban J connectivity index is 2.88. The largest absolute Gasteiger partial charge is 0.350 e. The van der Waals surface area contributed by atoms with E-state index >= 15 is 0 Å². The molecule has 0 saturated carbocycles. The van der Waals surface area contributed by atoms with Crippen LogP contribution in [0.2, 0.25) is 0 Å². The molecule has 1 aromatic rings. The third-order valence-electron chi connectivity index (χ3n) is 2.28. The maximum atomic E-state index is 10.7. The number of aromatic nitrogens is 1. The van der Waals surface area contributed by atoms with Crippen molar-refractivity contribution in [1.82, 2.24) is 10.4 Å². The van der Waals surface area contributed by atoms with Crippen LogP contribution in [-0.2, 0) is 0 Å². The molecule has 0 radical (unpaired) electrons. The topological polar surface area (TPSA) is 80.4 Å². The minimum Gasteiger partial charge on any atom is -0.350 e. The molecule has 2 amide bonds. The number of rotatable bonds is 5. The van der Waals surface area contributed by atoms with Crippen LogP contribution in [0.15, 0.2) is 23.4 Å². The molecule has 0 aliphatic rings. The summed E-state index contributed by atoms with van der Waals surface area (Å²) >= 11 is 0. The van der Waals surface area contributed by atoms with Crippen LogP contribution in [0, 0.1) is 6.92 Å². The number of nitrogens with two attached hydrogens (primary N) is 1. The first-order valence-electron chi connectivity index (χ1n) is 5.68. The second kappa shape index (κ2) is 6.62. The van der Waals surface area contributed by atoms with Crippen molar-refractivity contribution in [2.24, 2.45) is 10.8 Å². The van der Waals surface area contributed by atoms with Gasteiger partial charge in [0.15, 0.2) is 0 Å². The van der Waals surface area contributed by atoms with E-state index in [9.17, 15) is 4.79 Å². The molecule has 0 atom stereocenters. The summed E-state index contributed by atoms with van der Waals surface area (Å²) in [6.45, 7) is 4.09. The first-order valence-corrected chi connectivity index (χ1v) is 5.68. The van der Waals surface area contributed by atoms with Crippen molar-refractivity contribution in [1.29, 1.82) is 0 Å². The van der Waals surface area contributed by atoms with Crippen LogP contribution >= 0.6 is 0 Å². The molecular formula is C12H18N4O. The highest BCUT2D eigenvalue weighted by molar-refractivity contribution is 5.99. The molecule has 5 heteroatoms. The van der Waals surface area contributed by atoms with E-state index in [-0.39, 0.29) is 0 Å². The number of nitrogens with zero attached hydrogens (tertiary/aromatic N) is 2. The van der Waals surface area contributed by atoms with Gasteiger partial charge in [0, 0.05) is 6.20 Å². The predicted octanol–water partition coefficient (Wildman–Crippen LogP) is 1.95. The van der Waals surface area contributed by atoms with Crippen molar-refractivity contribution in [3.05, 3.63) is 29.6 Å². The molecule has 0 saturated heterocycles. The third kappa shape index (κ3) is 4.63. The number of hydrazone groups is 1. The van der Waals surface area contributed by atoms with Crippen LogP contribution in [0.4, 0.5) is 4.79 Å². The highest BCUT2D eigenvalue weighted by Crippen LogP contribution is 2.07. The van der Waals surface area contributed by atoms with Crippen molar-refractivity contribution in [3.8, 4) is 0 Å². The number of hydrogen-bond acceptors (Lipinski definition) is 3. The highest BCUT2D eigenvalue weighted by Gasteiger charge is 2.05. The summed E-state index contributed by atoms with van der Waals surface area (Å²) in [4.78, 5) is 14.9. The second-order valence-corrected chi connectivity index (χ2v) is 3.86. The lowest BCUT2D eigenvalue weighted by molar-refractivity contribution is 0.249. The Hall–Kier alpha value is -1.91. The van der Waals surface area contributed by atoms with Crippen LogP contribution in [0.3, 0.4) is 0 Å². The Morgan fingerprint density at radius 2 is 2.35 bits per heavy atom. The van der Waals surface area contributed by atoms with E-state index in [0.717, 1.165) is 36.2 Å². The summed E-state index contributed by atoms with van der Waals surface area (Å²) in [6.07, 6.45) is 4.56. The van der Waals surface area contributed by atoms with Gasteiger partial charge >= 0.3 is 6.03 Å². The number of carbonyl (C=O) groups excluding carboxylic acids is 1. The molecule has 0 aliphatic carbocycles. The lowest BCUT2D eigenvalue weighted by Gasteiger charge is -2.06. The number of aryl methyl sites for hydroxylation is 1. The lowest BCUT2D eigenvalue weighted by atomic mass is 10.1. The summed E-state index contributed by atoms with van der Waals surface area (Å²) in [7, 11) is 0. The molecule has 1 heterocycles. The van der Waals surface area contributed by atoms with Gasteiger partial charge in [-0.3, -0.25) is 4.98 Å². The van der Waals surface area contributed by atoms with Crippen LogP contribution < -0.4 is 11.2 Å². The zero-order chi connectivity index (χ0) is 12.7. The van der Waals surface area contributed by atoms with Gasteiger partial charge in [-0.25, -0.2) is 10.2 Å². The summed E-state index contributed by atoms with van der Waals surface area (Å²) in [5.74, 6) is 0. The lowest BCUT2D eigenvalue weighted by Crippen LogP contribution is -2.26. The Bertz CT molecular complexity index is 415. The number of unbranched alkanes of at least 4 members (excludes halogenated alkanes) is 1. The predicted molar refractivity (Wildman–Crippen MR) is 67.8 cm³/mol. The quantitative estimate of drug-likeness (QED) is 0.603. The summed E-state index contributed by atoms with van der Waals surface area (Å²) < 4.78 is 0. The molecule has 0 aromatic carbocycles. The molecule has 5 nitrogen and oxygen atoms in total. The fourth-order valence-corrected chi connectivity index (χ4v) is 1.40. The van der Waals surface area contributed by atoms with Crippen molar-refractivity contribution in [2.45, 2.75) is 33.1 Å². The number of nitrogens with one attached hydrogen (secondary N) is 1. The monoisotopic (exact) mass is 234 g/mol. The SMILES string of the molecule is CCCCC(=NNC(N)=O)c1cc(C)ccn1. The normalized spacial score (nSPS) is 11.3. The van der Waals surface area contributed by atoms with Crippen molar-refractivity contribution >= 4 is 11.7 Å². The van der Waals surface area contributed by atoms with E-state index in [2.05, 4.69) is 22.4 Å². The molecule has 1 rings (SSSR count). The Morgan fingerprint density at radius 1 is 1.59 bits per heavy atom. The van der Waals surface area contributed by atoms with Crippen LogP contribution in [0.25, 0.3) is 0 Å². The molecule has 0 spiro atoms. The van der Waals surface area contributed by atoms with E-state index in [1.807, 2.05) is 19.1 Å². The number of urea groups is 1. The molecule has 0 aliphatic heterocycles. The van der Waals surface area contributed by atoms with Gasteiger partial charge in [0.1, 0.15) is 0 Å². The Kier molecular flexibility index (Phi) is 5.13. The molecule has 17 heavy (non-hydrogen) atoms. The number of carbonyl (C=O) groups is 1. The molecule has 0 bridgehead atoms. The van der Waals surface area contributed by atoms with E-state index in [1.54, 1.807) is 6.20 Å². The van der Waals surface area contributed by atoms with Gasteiger partial charge in [-0.05, 0) is 37.5 Å². The van der Waals surface area contributed by atoms with Gasteiger partial charge in [0.25, 0.3) is 0 Å². The van der Waals surface area contributed by atoms with Gasteiger partial charge < -0.3 is 5.73 Å². The molecule has 3 N–H and O–H groups in total. The van der Waals surface area contributed by atoms with E-state index in [4.69, 9.17) is 5.73 Å². The van der Waals surface area contributed by atoms with Crippen LogP contribution in [0.5, 0.6) is 0 Å². The second-order valence-electron chi connectivity index (χ2n) is 3.86. The zero-order valence-electron chi connectivity index (χ0n) is 10.2. The Labute approximate surface area is 101 Å². The molecule has 92 valence electrons. The first-order chi connectivity index (χ1) is 8.13. The highest BCUT2D eigenvalue weighted by atomic mass is 16.2. The maximum absolute atomic E-state index is 10.7. The van der Waals surface area contributed by atoms with Crippen molar-refractivity contribution in [3.63, 3.8) is 0 Å². The summed E-state index contributed by atoms with van der Waals surface area (Å²) in [6, 6.07) is 3.20. The smallest absolute Gasteiger partial charge is 0.332 e. The standard InChI is InChI=1S/C12H18N4O/c1-3-4-5-10(15-16-12(13)17)11-8-9(2)6-7-14-11/h6-8H,3-5H2,1-2H3,(H3,13,16,17). The molecule has 1 aromatic heterocycles. The molecular weight excluding hydrogens is 216 g/mol. The van der Waals surface area contributed by atoms with E-state index in [0.29, 0.717) is 0 Å². The minimum atomic E-state index is -0.661. The fraction of sp³-hybridized carbons (Fsp3) is 0.417. The van der Waals surface area contributed by atoms with Crippen LogP contribution in [0.1, 0.15) is 37.4 Å². The molecule has 0 unspecified atom stereocenters. The minimum absolute atomic E-state index is 0.661. The third-order valence-corrected chi connectivity index (χ3v) is 2.28.